The van der Waals surface area contributed by atoms with Gasteiger partial charge in [0.1, 0.15) is 18.5 Å². The Hall–Kier alpha value is -2.95. The summed E-state index contributed by atoms with van der Waals surface area (Å²) in [6.45, 7) is -5.21. The molecule has 1 aliphatic heterocycles. The molecule has 2 heterocycles. The van der Waals surface area contributed by atoms with Crippen LogP contribution in [0.4, 0.5) is 42.1 Å². The van der Waals surface area contributed by atoms with Crippen LogP contribution in [0.15, 0.2) is 30.3 Å². The van der Waals surface area contributed by atoms with E-state index in [1.807, 2.05) is 5.32 Å². The predicted octanol–water partition coefficient (Wildman–Crippen LogP) is 4.07. The second-order valence-electron chi connectivity index (χ2n) is 8.22. The number of carbonyl (C=O) groups is 3. The van der Waals surface area contributed by atoms with Gasteiger partial charge in [-0.3, -0.25) is 19.3 Å². The maximum absolute atomic E-state index is 14.8. The van der Waals surface area contributed by atoms with Crippen LogP contribution < -0.4 is 15.5 Å². The molecular formula is C22H20ClF7N4O4S. The summed E-state index contributed by atoms with van der Waals surface area (Å²) in [7, 11) is 0. The van der Waals surface area contributed by atoms with E-state index >= 15 is 0 Å². The van der Waals surface area contributed by atoms with Crippen LogP contribution in [0.25, 0.3) is 0 Å². The van der Waals surface area contributed by atoms with Crippen molar-refractivity contribution in [1.29, 1.82) is 0 Å². The van der Waals surface area contributed by atoms with Crippen molar-refractivity contribution in [3.05, 3.63) is 45.4 Å². The molecule has 3 amide bonds. The third-order valence-electron chi connectivity index (χ3n) is 5.27. The molecule has 0 saturated carbocycles. The highest BCUT2D eigenvalue weighted by Crippen LogP contribution is 2.27. The monoisotopic (exact) mass is 604 g/mol. The fourth-order valence-corrected chi connectivity index (χ4v) is 4.58. The standard InChI is InChI=1S/C22H20ClF7N4O4S/c23-17-4-3-16(39-17)20(37)31-8-15(33(10-21(25,26)27)11-22(28,29)30)19(36)32-14-2-1-12(7-13(14)24)34-5-6-38-9-18(34)35/h1-4,7,15H,5-6,8-11H2,(H,31,37)(H,32,36)/t15-/m0/s1. The van der Waals surface area contributed by atoms with Crippen LogP contribution in [0.5, 0.6) is 0 Å². The summed E-state index contributed by atoms with van der Waals surface area (Å²) < 4.78 is 99.0. The van der Waals surface area contributed by atoms with Crippen molar-refractivity contribution in [1.82, 2.24) is 10.2 Å². The normalized spacial score (nSPS) is 15.4. The molecule has 214 valence electrons. The Labute approximate surface area is 225 Å². The Bertz CT molecular complexity index is 1190. The van der Waals surface area contributed by atoms with Crippen molar-refractivity contribution >= 4 is 52.0 Å². The number of thiophene rings is 1. The van der Waals surface area contributed by atoms with Crippen molar-refractivity contribution in [2.45, 2.75) is 18.4 Å². The Morgan fingerprint density at radius 3 is 2.31 bits per heavy atom. The van der Waals surface area contributed by atoms with Gasteiger partial charge in [0, 0.05) is 18.8 Å². The predicted molar refractivity (Wildman–Crippen MR) is 127 cm³/mol. The van der Waals surface area contributed by atoms with Crippen LogP contribution in [0.1, 0.15) is 9.67 Å². The molecule has 0 aliphatic carbocycles. The summed E-state index contributed by atoms with van der Waals surface area (Å²) in [5, 5.41) is 4.11. The number of rotatable bonds is 9. The molecule has 8 nitrogen and oxygen atoms in total. The fraction of sp³-hybridized carbons (Fsp3) is 0.409. The minimum absolute atomic E-state index is 0.00311. The molecule has 3 rings (SSSR count). The number of anilines is 2. The summed E-state index contributed by atoms with van der Waals surface area (Å²) in [6.07, 6.45) is -10.3. The third kappa shape index (κ3) is 9.05. The Kier molecular flexibility index (Phi) is 9.79. The summed E-state index contributed by atoms with van der Waals surface area (Å²) in [4.78, 5) is 38.3. The second kappa shape index (κ2) is 12.5. The number of morpholine rings is 1. The minimum Gasteiger partial charge on any atom is -0.370 e. The average molecular weight is 605 g/mol. The molecule has 1 atom stereocenters. The highest BCUT2D eigenvalue weighted by atomic mass is 35.5. The molecule has 1 saturated heterocycles. The lowest BCUT2D eigenvalue weighted by Gasteiger charge is -2.32. The maximum Gasteiger partial charge on any atom is 0.401 e. The fourth-order valence-electron chi connectivity index (χ4n) is 3.62. The van der Waals surface area contributed by atoms with Crippen molar-refractivity contribution in [3.8, 4) is 0 Å². The van der Waals surface area contributed by atoms with Gasteiger partial charge in [-0.2, -0.15) is 26.3 Å². The highest BCUT2D eigenvalue weighted by Gasteiger charge is 2.42. The van der Waals surface area contributed by atoms with E-state index in [2.05, 4.69) is 5.32 Å². The van der Waals surface area contributed by atoms with Crippen molar-refractivity contribution in [2.75, 3.05) is 49.6 Å². The van der Waals surface area contributed by atoms with Gasteiger partial charge in [-0.25, -0.2) is 4.39 Å². The quantitative estimate of drug-likeness (QED) is 0.422. The molecule has 17 heteroatoms. The van der Waals surface area contributed by atoms with E-state index in [9.17, 15) is 45.1 Å². The first-order valence-electron chi connectivity index (χ1n) is 11.0. The molecule has 39 heavy (non-hydrogen) atoms. The average Bonchev–Trinajstić information content (AvgIpc) is 3.25. The van der Waals surface area contributed by atoms with E-state index in [4.69, 9.17) is 16.3 Å². The van der Waals surface area contributed by atoms with E-state index in [0.717, 1.165) is 23.5 Å². The molecule has 1 aromatic heterocycles. The van der Waals surface area contributed by atoms with E-state index in [1.54, 1.807) is 0 Å². The van der Waals surface area contributed by atoms with Gasteiger partial charge >= 0.3 is 12.4 Å². The van der Waals surface area contributed by atoms with Crippen LogP contribution in [-0.4, -0.2) is 80.4 Å². The summed E-state index contributed by atoms with van der Waals surface area (Å²) >= 11 is 6.54. The topological polar surface area (TPSA) is 91.0 Å². The number of halogens is 8. The first-order valence-corrected chi connectivity index (χ1v) is 12.2. The molecule has 0 spiro atoms. The number of ether oxygens (including phenoxy) is 1. The molecular weight excluding hydrogens is 585 g/mol. The Balaban J connectivity index is 1.85. The van der Waals surface area contributed by atoms with Gasteiger partial charge in [-0.15, -0.1) is 11.3 Å². The number of nitrogens with zero attached hydrogens (tertiary/aromatic N) is 2. The molecule has 1 aromatic carbocycles. The van der Waals surface area contributed by atoms with Gasteiger partial charge in [0.05, 0.1) is 34.6 Å². The number of nitrogens with one attached hydrogen (secondary N) is 2. The van der Waals surface area contributed by atoms with E-state index < -0.39 is 67.3 Å². The summed E-state index contributed by atoms with van der Waals surface area (Å²) in [5.41, 5.74) is -0.460. The molecule has 2 aromatic rings. The van der Waals surface area contributed by atoms with Crippen molar-refractivity contribution in [2.24, 2.45) is 0 Å². The number of benzene rings is 1. The molecule has 0 unspecified atom stereocenters. The number of hydrogen-bond donors (Lipinski definition) is 2. The first-order chi connectivity index (χ1) is 18.1. The van der Waals surface area contributed by atoms with Gasteiger partial charge in [-0.1, -0.05) is 11.6 Å². The minimum atomic E-state index is -5.15. The van der Waals surface area contributed by atoms with Gasteiger partial charge in [0.2, 0.25) is 5.91 Å². The second-order valence-corrected chi connectivity index (χ2v) is 9.93. The zero-order valence-corrected chi connectivity index (χ0v) is 21.2. The van der Waals surface area contributed by atoms with Crippen molar-refractivity contribution in [3.63, 3.8) is 0 Å². The molecule has 2 N–H and O–H groups in total. The SMILES string of the molecule is O=C(NC[C@@H](C(=O)Nc1ccc(N2CCOCC2=O)cc1F)N(CC(F)(F)F)CC(F)(F)F)c1ccc(Cl)s1. The number of carbonyl (C=O) groups excluding carboxylic acids is 3. The van der Waals surface area contributed by atoms with Crippen LogP contribution in [0.2, 0.25) is 4.34 Å². The largest absolute Gasteiger partial charge is 0.401 e. The summed E-state index contributed by atoms with van der Waals surface area (Å²) in [5.74, 6) is -3.90. The van der Waals surface area contributed by atoms with Crippen LogP contribution in [0.3, 0.4) is 0 Å². The number of amides is 3. The zero-order chi connectivity index (χ0) is 29.0. The highest BCUT2D eigenvalue weighted by molar-refractivity contribution is 7.18. The summed E-state index contributed by atoms with van der Waals surface area (Å²) in [6, 6.07) is 3.53. The molecule has 1 aliphatic rings. The van der Waals surface area contributed by atoms with E-state index in [1.165, 1.54) is 23.1 Å². The van der Waals surface area contributed by atoms with E-state index in [0.29, 0.717) is 0 Å². The smallest absolute Gasteiger partial charge is 0.370 e. The van der Waals surface area contributed by atoms with Crippen LogP contribution in [0, 0.1) is 5.82 Å². The van der Waals surface area contributed by atoms with Crippen LogP contribution >= 0.6 is 22.9 Å². The number of alkyl halides is 6. The number of hydrogen-bond acceptors (Lipinski definition) is 6. The Morgan fingerprint density at radius 2 is 1.77 bits per heavy atom. The molecule has 0 radical (unpaired) electrons. The lowest BCUT2D eigenvalue weighted by molar-refractivity contribution is -0.186. The first kappa shape index (κ1) is 30.6. The van der Waals surface area contributed by atoms with Crippen molar-refractivity contribution < 1.29 is 49.9 Å². The lowest BCUT2D eigenvalue weighted by Crippen LogP contribution is -2.55. The molecule has 1 fully saturated rings. The van der Waals surface area contributed by atoms with Gasteiger partial charge in [-0.05, 0) is 30.3 Å². The van der Waals surface area contributed by atoms with Crippen LogP contribution in [-0.2, 0) is 14.3 Å². The molecule has 0 bridgehead atoms. The third-order valence-corrected chi connectivity index (χ3v) is 6.50. The van der Waals surface area contributed by atoms with Gasteiger partial charge < -0.3 is 20.3 Å². The lowest BCUT2D eigenvalue weighted by atomic mass is 10.1. The van der Waals surface area contributed by atoms with Gasteiger partial charge in [0.15, 0.2) is 0 Å². The van der Waals surface area contributed by atoms with Gasteiger partial charge in [0.25, 0.3) is 11.8 Å². The van der Waals surface area contributed by atoms with E-state index in [-0.39, 0.29) is 39.6 Å². The zero-order valence-electron chi connectivity index (χ0n) is 19.7. The Morgan fingerprint density at radius 1 is 1.10 bits per heavy atom. The maximum atomic E-state index is 14.8.